The number of rotatable bonds is 6. The Hall–Kier alpha value is 1.01. The Morgan fingerprint density at radius 1 is 0.867 bits per heavy atom. The fourth-order valence-corrected chi connectivity index (χ4v) is 1.28. The minimum absolute atomic E-state index is 0.645. The van der Waals surface area contributed by atoms with Gasteiger partial charge in [0.05, 0.1) is 19.8 Å². The van der Waals surface area contributed by atoms with E-state index >= 15 is 0 Å². The van der Waals surface area contributed by atoms with Gasteiger partial charge in [0, 0.05) is 0 Å². The van der Waals surface area contributed by atoms with Crippen LogP contribution in [0.5, 0.6) is 0 Å². The molecule has 0 radical (unpaired) electrons. The smallest absolute Gasteiger partial charge is 0.313 e. The van der Waals surface area contributed by atoms with Crippen LogP contribution in [-0.2, 0) is 13.6 Å². The van der Waals surface area contributed by atoms with E-state index < -0.39 is 15.3 Å². The van der Waals surface area contributed by atoms with E-state index in [-0.39, 0.29) is 0 Å². The molecule has 3 nitrogen and oxygen atoms in total. The van der Waals surface area contributed by atoms with Crippen LogP contribution in [0.15, 0.2) is 0 Å². The zero-order valence-corrected chi connectivity index (χ0v) is 14.2. The monoisotopic (exact) mass is 318 g/mol. The van der Waals surface area contributed by atoms with Crippen molar-refractivity contribution >= 4 is 30.6 Å². The van der Waals surface area contributed by atoms with E-state index in [0.29, 0.717) is 19.8 Å². The summed E-state index contributed by atoms with van der Waals surface area (Å²) in [6.07, 6.45) is 0. The van der Waals surface area contributed by atoms with Crippen molar-refractivity contribution in [3.05, 3.63) is 0 Å². The first-order valence-corrected chi connectivity index (χ1v) is 12.1. The summed E-state index contributed by atoms with van der Waals surface area (Å²) >= 11 is 3.51. The summed E-state index contributed by atoms with van der Waals surface area (Å²) in [6, 6.07) is 0. The van der Waals surface area contributed by atoms with E-state index in [0.717, 1.165) is 0 Å². The summed E-state index contributed by atoms with van der Waals surface area (Å²) in [6.45, 7) is 13.6. The van der Waals surface area contributed by atoms with Crippen LogP contribution in [0.25, 0.3) is 0 Å². The molecule has 94 valence electrons. The van der Waals surface area contributed by atoms with Crippen molar-refractivity contribution in [2.45, 2.75) is 40.4 Å². The Bertz CT molecular complexity index is 113. The van der Waals surface area contributed by atoms with E-state index in [9.17, 15) is 0 Å². The first kappa shape index (κ1) is 18.4. The normalized spacial score (nSPS) is 11.2. The maximum absolute atomic E-state index is 5.14. The summed E-state index contributed by atoms with van der Waals surface area (Å²) in [5.74, 6) is 0. The molecular formula is C9H24BrO3PSi. The molecule has 0 bridgehead atoms. The molecule has 15 heavy (non-hydrogen) atoms. The standard InChI is InChI=1S/C6H15O3P.C3H9BrSi/c1-4-7-10(8-5-2)9-6-3;1-5(2,3)4/h4-6H2,1-3H3;1-3H3. The Labute approximate surface area is 104 Å². The van der Waals surface area contributed by atoms with Crippen molar-refractivity contribution in [1.82, 2.24) is 0 Å². The molecule has 6 heteroatoms. The van der Waals surface area contributed by atoms with E-state index in [2.05, 4.69) is 34.9 Å². The second-order valence-corrected chi connectivity index (χ2v) is 16.0. The average Bonchev–Trinajstić information content (AvgIpc) is 2.02. The lowest BCUT2D eigenvalue weighted by molar-refractivity contribution is 0.176. The molecule has 0 aliphatic rings. The van der Waals surface area contributed by atoms with Gasteiger partial charge in [0.25, 0.3) is 0 Å². The number of hydrogen-bond donors (Lipinski definition) is 0. The summed E-state index contributed by atoms with van der Waals surface area (Å²) < 4.78 is 15.4. The lowest BCUT2D eigenvalue weighted by Crippen LogP contribution is -2.05. The highest BCUT2D eigenvalue weighted by atomic mass is 79.9. The van der Waals surface area contributed by atoms with Crippen LogP contribution in [0.2, 0.25) is 19.6 Å². The fourth-order valence-electron chi connectivity index (χ4n) is 0.428. The van der Waals surface area contributed by atoms with Gasteiger partial charge in [-0.05, 0) is 20.8 Å². The highest BCUT2D eigenvalue weighted by Crippen LogP contribution is 2.38. The molecule has 0 aromatic rings. The Kier molecular flexibility index (Phi) is 14.1. The summed E-state index contributed by atoms with van der Waals surface area (Å²) in [5, 5.41) is 0. The predicted octanol–water partition coefficient (Wildman–Crippen LogP) is 4.54. The molecule has 0 heterocycles. The van der Waals surface area contributed by atoms with Crippen LogP contribution >= 0.6 is 23.9 Å². The van der Waals surface area contributed by atoms with E-state index in [4.69, 9.17) is 13.6 Å². The van der Waals surface area contributed by atoms with Gasteiger partial charge in [-0.3, -0.25) is 0 Å². The minimum Gasteiger partial charge on any atom is -0.313 e. The van der Waals surface area contributed by atoms with Gasteiger partial charge in [0.2, 0.25) is 0 Å². The van der Waals surface area contributed by atoms with Crippen LogP contribution in [0.1, 0.15) is 20.8 Å². The van der Waals surface area contributed by atoms with Crippen molar-refractivity contribution in [2.24, 2.45) is 0 Å². The van der Waals surface area contributed by atoms with Crippen molar-refractivity contribution < 1.29 is 13.6 Å². The van der Waals surface area contributed by atoms with Gasteiger partial charge in [-0.15, -0.1) is 15.3 Å². The molecule has 0 saturated carbocycles. The molecule has 0 aromatic heterocycles. The molecule has 0 spiro atoms. The molecule has 0 atom stereocenters. The van der Waals surface area contributed by atoms with Crippen LogP contribution in [0, 0.1) is 0 Å². The summed E-state index contributed by atoms with van der Waals surface area (Å²) in [4.78, 5) is 0. The van der Waals surface area contributed by atoms with E-state index in [1.807, 2.05) is 20.8 Å². The van der Waals surface area contributed by atoms with Gasteiger partial charge in [0.1, 0.15) is 6.69 Å². The Morgan fingerprint density at radius 2 is 1.07 bits per heavy atom. The fraction of sp³-hybridized carbons (Fsp3) is 1.00. The summed E-state index contributed by atoms with van der Waals surface area (Å²) in [7, 11) is -1.06. The molecule has 0 aliphatic heterocycles. The van der Waals surface area contributed by atoms with Gasteiger partial charge in [0.15, 0.2) is 0 Å². The lowest BCUT2D eigenvalue weighted by Gasteiger charge is -2.12. The van der Waals surface area contributed by atoms with Crippen molar-refractivity contribution in [3.63, 3.8) is 0 Å². The largest absolute Gasteiger partial charge is 0.332 e. The third-order valence-electron chi connectivity index (χ3n) is 0.704. The van der Waals surface area contributed by atoms with E-state index in [1.165, 1.54) is 0 Å². The van der Waals surface area contributed by atoms with Gasteiger partial charge in [-0.1, -0.05) is 19.6 Å². The van der Waals surface area contributed by atoms with Gasteiger partial charge in [-0.2, -0.15) is 0 Å². The maximum Gasteiger partial charge on any atom is 0.332 e. The number of halogens is 1. The second-order valence-electron chi connectivity index (χ2n) is 3.54. The highest BCUT2D eigenvalue weighted by molar-refractivity contribution is 9.26. The average molecular weight is 319 g/mol. The maximum atomic E-state index is 5.14. The predicted molar refractivity (Wildman–Crippen MR) is 74.1 cm³/mol. The van der Waals surface area contributed by atoms with Crippen LogP contribution in [-0.4, -0.2) is 26.5 Å². The molecule has 0 unspecified atom stereocenters. The first-order valence-electron chi connectivity index (χ1n) is 5.22. The molecule has 0 aromatic carbocycles. The van der Waals surface area contributed by atoms with Gasteiger partial charge >= 0.3 is 8.60 Å². The van der Waals surface area contributed by atoms with Crippen LogP contribution in [0.3, 0.4) is 0 Å². The third kappa shape index (κ3) is 25.4. The third-order valence-corrected chi connectivity index (χ3v) is 2.11. The molecule has 0 fully saturated rings. The SMILES string of the molecule is CCOP(OCC)OCC.C[Si](C)(C)Br. The van der Waals surface area contributed by atoms with Crippen molar-refractivity contribution in [3.8, 4) is 0 Å². The molecule has 0 N–H and O–H groups in total. The minimum atomic E-state index is -1.06. The van der Waals surface area contributed by atoms with Gasteiger partial charge < -0.3 is 13.6 Å². The molecule has 0 aliphatic carbocycles. The second kappa shape index (κ2) is 11.5. The van der Waals surface area contributed by atoms with E-state index in [1.54, 1.807) is 0 Å². The summed E-state index contributed by atoms with van der Waals surface area (Å²) in [5.41, 5.74) is 0. The topological polar surface area (TPSA) is 27.7 Å². The van der Waals surface area contributed by atoms with Crippen LogP contribution in [0.4, 0.5) is 0 Å². The molecule has 0 saturated heterocycles. The lowest BCUT2D eigenvalue weighted by atomic mass is 10.9. The quantitative estimate of drug-likeness (QED) is 0.409. The highest BCUT2D eigenvalue weighted by Gasteiger charge is 2.07. The van der Waals surface area contributed by atoms with Crippen LogP contribution < -0.4 is 0 Å². The van der Waals surface area contributed by atoms with Crippen molar-refractivity contribution in [2.75, 3.05) is 19.8 Å². The Balaban J connectivity index is 0. The molecule has 0 rings (SSSR count). The van der Waals surface area contributed by atoms with Crippen molar-refractivity contribution in [1.29, 1.82) is 0 Å². The van der Waals surface area contributed by atoms with Gasteiger partial charge in [-0.25, -0.2) is 0 Å². The number of hydrogen-bond acceptors (Lipinski definition) is 3. The first-order chi connectivity index (χ1) is 6.85. The molecule has 0 amide bonds. The molecular weight excluding hydrogens is 295 g/mol. The zero-order chi connectivity index (χ0) is 12.3. The Morgan fingerprint density at radius 3 is 1.20 bits per heavy atom. The zero-order valence-electron chi connectivity index (χ0n) is 10.7.